The number of hydrogen-bond acceptors (Lipinski definition) is 8. The van der Waals surface area contributed by atoms with Crippen LogP contribution in [0.2, 0.25) is 0 Å². The molecule has 0 radical (unpaired) electrons. The number of para-hydroxylation sites is 1. The Morgan fingerprint density at radius 2 is 1.83 bits per heavy atom. The van der Waals surface area contributed by atoms with Crippen LogP contribution in [-0.2, 0) is 6.61 Å². The van der Waals surface area contributed by atoms with Gasteiger partial charge in [0.05, 0.1) is 29.2 Å². The molecule has 0 aliphatic rings. The molecule has 0 spiro atoms. The maximum absolute atomic E-state index is 13.6. The smallest absolute Gasteiger partial charge is 0.315 e. The second-order valence-corrected chi connectivity index (χ2v) is 10.1. The predicted octanol–water partition coefficient (Wildman–Crippen LogP) is 6.95. The second kappa shape index (κ2) is 11.3. The van der Waals surface area contributed by atoms with E-state index in [4.69, 9.17) is 13.9 Å². The first-order chi connectivity index (χ1) is 20.4. The number of hydrogen-bond donors (Lipinski definition) is 0. The number of benzene rings is 4. The minimum absolute atomic E-state index is 0.0119. The van der Waals surface area contributed by atoms with Crippen LogP contribution in [0.4, 0.5) is 5.69 Å². The van der Waals surface area contributed by atoms with E-state index in [1.54, 1.807) is 36.4 Å². The summed E-state index contributed by atoms with van der Waals surface area (Å²) in [5.41, 5.74) is 1.50. The van der Waals surface area contributed by atoms with Gasteiger partial charge in [-0.25, -0.2) is 4.98 Å². The molecule has 0 aliphatic heterocycles. The number of nitro benzene ring substituents is 1. The highest BCUT2D eigenvalue weighted by atomic mass is 79.9. The topological polar surface area (TPSA) is 122 Å². The van der Waals surface area contributed by atoms with E-state index >= 15 is 0 Å². The predicted molar refractivity (Wildman–Crippen MR) is 162 cm³/mol. The highest BCUT2D eigenvalue weighted by Gasteiger charge is 2.23. The fraction of sp³-hybridized carbons (Fsp3) is 0.0645. The molecule has 0 atom stereocenters. The van der Waals surface area contributed by atoms with Gasteiger partial charge in [-0.2, -0.15) is 9.78 Å². The van der Waals surface area contributed by atoms with Crippen molar-refractivity contribution >= 4 is 49.7 Å². The number of furan rings is 1. The molecule has 0 bridgehead atoms. The van der Waals surface area contributed by atoms with Gasteiger partial charge in [0, 0.05) is 21.5 Å². The Morgan fingerprint density at radius 3 is 2.62 bits per heavy atom. The van der Waals surface area contributed by atoms with Crippen LogP contribution in [0.3, 0.4) is 0 Å². The monoisotopic (exact) mass is 624 g/mol. The van der Waals surface area contributed by atoms with Gasteiger partial charge in [-0.05, 0) is 48.0 Å². The fourth-order valence-corrected chi connectivity index (χ4v) is 4.86. The maximum Gasteiger partial charge on any atom is 0.315 e. The van der Waals surface area contributed by atoms with E-state index in [1.165, 1.54) is 19.4 Å². The molecular formula is C31H21BrN4O6. The Bertz CT molecular complexity index is 2050. The lowest BCUT2D eigenvalue weighted by Gasteiger charge is -2.12. The first kappa shape index (κ1) is 26.9. The van der Waals surface area contributed by atoms with Gasteiger partial charge in [0.15, 0.2) is 11.5 Å². The lowest BCUT2D eigenvalue weighted by Crippen LogP contribution is -2.20. The molecule has 10 nitrogen and oxygen atoms in total. The Morgan fingerprint density at radius 1 is 1.05 bits per heavy atom. The minimum Gasteiger partial charge on any atom is -0.493 e. The number of nitrogens with zero attached hydrogens (tertiary/aromatic N) is 4. The zero-order valence-corrected chi connectivity index (χ0v) is 23.6. The van der Waals surface area contributed by atoms with Crippen molar-refractivity contribution < 1.29 is 18.8 Å². The minimum atomic E-state index is -0.554. The van der Waals surface area contributed by atoms with Gasteiger partial charge in [0.25, 0.3) is 5.56 Å². The summed E-state index contributed by atoms with van der Waals surface area (Å²) in [6.07, 6.45) is 1.33. The highest BCUT2D eigenvalue weighted by molar-refractivity contribution is 9.10. The molecule has 6 aromatic rings. The molecule has 4 aromatic carbocycles. The molecule has 2 heterocycles. The van der Waals surface area contributed by atoms with Crippen LogP contribution in [0.5, 0.6) is 11.5 Å². The summed E-state index contributed by atoms with van der Waals surface area (Å²) in [5.74, 6) is 0.638. The van der Waals surface area contributed by atoms with Gasteiger partial charge in [-0.1, -0.05) is 58.4 Å². The molecule has 42 heavy (non-hydrogen) atoms. The summed E-state index contributed by atoms with van der Waals surface area (Å²) in [4.78, 5) is 29.7. The van der Waals surface area contributed by atoms with Crippen LogP contribution in [0, 0.1) is 10.1 Å². The molecule has 2 aromatic heterocycles. The van der Waals surface area contributed by atoms with Gasteiger partial charge in [-0.3, -0.25) is 14.9 Å². The fourth-order valence-electron chi connectivity index (χ4n) is 4.48. The zero-order chi connectivity index (χ0) is 29.2. The molecule has 6 rings (SSSR count). The molecular weight excluding hydrogens is 604 g/mol. The van der Waals surface area contributed by atoms with Crippen molar-refractivity contribution in [3.05, 3.63) is 127 Å². The normalized spacial score (nSPS) is 11.4. The standard InChI is InChI=1S/C31H21BrN4O6/c1-40-27-14-20(13-25(36(38)39)29(27)41-18-19-7-3-2-4-8-19)17-33-35-30(34-24-10-6-5-9-23(24)31(35)37)28-16-21-15-22(32)11-12-26(21)42-28/h2-17H,18H2,1H3. The number of nitro groups is 1. The molecule has 0 fully saturated rings. The van der Waals surface area contributed by atoms with E-state index in [-0.39, 0.29) is 29.6 Å². The van der Waals surface area contributed by atoms with Crippen LogP contribution < -0.4 is 15.0 Å². The van der Waals surface area contributed by atoms with E-state index in [0.29, 0.717) is 27.8 Å². The number of rotatable bonds is 8. The summed E-state index contributed by atoms with van der Waals surface area (Å²) in [6, 6.07) is 26.4. The van der Waals surface area contributed by atoms with Crippen molar-refractivity contribution in [2.45, 2.75) is 6.61 Å². The van der Waals surface area contributed by atoms with Crippen LogP contribution in [0.25, 0.3) is 33.5 Å². The number of aromatic nitrogens is 2. The number of fused-ring (bicyclic) bond motifs is 2. The van der Waals surface area contributed by atoms with Crippen molar-refractivity contribution in [1.29, 1.82) is 0 Å². The molecule has 0 amide bonds. The van der Waals surface area contributed by atoms with Crippen LogP contribution in [-0.4, -0.2) is 27.9 Å². The lowest BCUT2D eigenvalue weighted by atomic mass is 10.1. The number of methoxy groups -OCH3 is 1. The molecule has 0 N–H and O–H groups in total. The van der Waals surface area contributed by atoms with Crippen LogP contribution in [0.15, 0.2) is 110 Å². The summed E-state index contributed by atoms with van der Waals surface area (Å²) in [7, 11) is 1.39. The number of halogens is 1. The van der Waals surface area contributed by atoms with E-state index in [2.05, 4.69) is 26.0 Å². The Labute approximate surface area is 246 Å². The molecule has 0 aliphatic carbocycles. The maximum atomic E-state index is 13.6. The molecule has 208 valence electrons. The number of ether oxygens (including phenoxy) is 2. The van der Waals surface area contributed by atoms with E-state index in [0.717, 1.165) is 20.1 Å². The van der Waals surface area contributed by atoms with Crippen molar-refractivity contribution in [2.24, 2.45) is 5.10 Å². The van der Waals surface area contributed by atoms with Gasteiger partial charge < -0.3 is 13.9 Å². The summed E-state index contributed by atoms with van der Waals surface area (Å²) in [6.45, 7) is 0.112. The van der Waals surface area contributed by atoms with E-state index in [9.17, 15) is 14.9 Å². The average Bonchev–Trinajstić information content (AvgIpc) is 3.43. The average molecular weight is 625 g/mol. The van der Waals surface area contributed by atoms with E-state index < -0.39 is 10.5 Å². The zero-order valence-electron chi connectivity index (χ0n) is 22.1. The molecule has 0 saturated heterocycles. The summed E-state index contributed by atoms with van der Waals surface area (Å²) >= 11 is 3.46. The third-order valence-electron chi connectivity index (χ3n) is 6.47. The second-order valence-electron chi connectivity index (χ2n) is 9.21. The Kier molecular flexibility index (Phi) is 7.24. The quantitative estimate of drug-likeness (QED) is 0.102. The first-order valence-corrected chi connectivity index (χ1v) is 13.5. The van der Waals surface area contributed by atoms with Gasteiger partial charge in [0.2, 0.25) is 11.6 Å². The van der Waals surface area contributed by atoms with Gasteiger partial charge in [0.1, 0.15) is 12.2 Å². The van der Waals surface area contributed by atoms with Gasteiger partial charge >= 0.3 is 5.69 Å². The SMILES string of the molecule is COc1cc(C=Nn2c(-c3cc4cc(Br)ccc4o3)nc3ccccc3c2=O)cc([N+](=O)[O-])c1OCc1ccccc1. The molecule has 0 unspecified atom stereocenters. The third kappa shape index (κ3) is 5.25. The Balaban J connectivity index is 1.45. The van der Waals surface area contributed by atoms with Crippen molar-refractivity contribution in [3.8, 4) is 23.1 Å². The molecule has 0 saturated carbocycles. The highest BCUT2D eigenvalue weighted by Crippen LogP contribution is 2.38. The van der Waals surface area contributed by atoms with Crippen molar-refractivity contribution in [2.75, 3.05) is 7.11 Å². The van der Waals surface area contributed by atoms with E-state index in [1.807, 2.05) is 48.5 Å². The summed E-state index contributed by atoms with van der Waals surface area (Å²) in [5, 5.41) is 17.6. The van der Waals surface area contributed by atoms with Crippen LogP contribution in [0.1, 0.15) is 11.1 Å². The summed E-state index contributed by atoms with van der Waals surface area (Å²) < 4.78 is 19.3. The third-order valence-corrected chi connectivity index (χ3v) is 6.97. The first-order valence-electron chi connectivity index (χ1n) is 12.7. The molecule has 11 heteroatoms. The van der Waals surface area contributed by atoms with Crippen molar-refractivity contribution in [3.63, 3.8) is 0 Å². The Hall–Kier alpha value is -5.29. The van der Waals surface area contributed by atoms with Crippen molar-refractivity contribution in [1.82, 2.24) is 9.66 Å². The van der Waals surface area contributed by atoms with Crippen LogP contribution >= 0.6 is 15.9 Å². The largest absolute Gasteiger partial charge is 0.493 e. The lowest BCUT2D eigenvalue weighted by molar-refractivity contribution is -0.386. The van der Waals surface area contributed by atoms with Gasteiger partial charge in [-0.15, -0.1) is 0 Å².